The maximum absolute atomic E-state index is 9.17. The largest absolute Gasteiger partial charge is 0.396 e. The van der Waals surface area contributed by atoms with Crippen molar-refractivity contribution in [3.05, 3.63) is 126 Å². The zero-order valence-electron chi connectivity index (χ0n) is 38.0. The molecule has 0 unspecified atom stereocenters. The highest BCUT2D eigenvalue weighted by Crippen LogP contribution is 2.58. The zero-order valence-corrected chi connectivity index (χ0v) is 42.9. The molecule has 0 fully saturated rings. The first kappa shape index (κ1) is 45.9. The van der Waals surface area contributed by atoms with Crippen LogP contribution in [-0.2, 0) is 37.5 Å². The van der Waals surface area contributed by atoms with E-state index in [9.17, 15) is 0 Å². The van der Waals surface area contributed by atoms with E-state index in [0.29, 0.717) is 6.61 Å². The maximum atomic E-state index is 9.17. The van der Waals surface area contributed by atoms with Crippen molar-refractivity contribution in [1.82, 2.24) is 8.75 Å². The predicted octanol–water partition coefficient (Wildman–Crippen LogP) is 17.8. The molecule has 2 aromatic carbocycles. The minimum absolute atomic E-state index is 0.0410. The SMILES string of the molecule is CCCCCCc1cc(-c2cc(CCCCCC)c(Cc3ccc(-c4cc5c(s4)-c4sc(-c6ccccc6)cc4C5(C)C)c4nsnc34)s2)sc1Cc1cc(CCCCCCO)cs1. The second-order valence-electron chi connectivity index (χ2n) is 18.3. The molecule has 334 valence electrons. The molecular formula is C55H62N2OS6. The number of aryl methyl sites for hydroxylation is 3. The van der Waals surface area contributed by atoms with Gasteiger partial charge in [0.15, 0.2) is 0 Å². The summed E-state index contributed by atoms with van der Waals surface area (Å²) in [4.78, 5) is 12.9. The van der Waals surface area contributed by atoms with E-state index < -0.39 is 0 Å². The third-order valence-electron chi connectivity index (χ3n) is 13.2. The van der Waals surface area contributed by atoms with Crippen LogP contribution in [0.5, 0.6) is 0 Å². The zero-order chi connectivity index (χ0) is 44.0. The van der Waals surface area contributed by atoms with Crippen LogP contribution in [0.2, 0.25) is 0 Å². The molecule has 0 bridgehead atoms. The summed E-state index contributed by atoms with van der Waals surface area (Å²) in [5.74, 6) is 0. The number of nitrogens with zero attached hydrogens (tertiary/aromatic N) is 2. The van der Waals surface area contributed by atoms with Gasteiger partial charge in [0, 0.05) is 74.3 Å². The second-order valence-corrected chi connectivity index (χ2v) is 24.2. The third-order valence-corrected chi connectivity index (χ3v) is 19.8. The Morgan fingerprint density at radius 2 is 1.16 bits per heavy atom. The summed E-state index contributed by atoms with van der Waals surface area (Å²) >= 11 is 11.3. The van der Waals surface area contributed by atoms with Crippen molar-refractivity contribution in [2.45, 2.75) is 142 Å². The summed E-state index contributed by atoms with van der Waals surface area (Å²) in [6, 6.07) is 28.0. The number of benzene rings is 2. The molecule has 0 saturated heterocycles. The van der Waals surface area contributed by atoms with Gasteiger partial charge >= 0.3 is 0 Å². The summed E-state index contributed by atoms with van der Waals surface area (Å²) in [7, 11) is 0. The molecule has 1 N–H and O–H groups in total. The Balaban J connectivity index is 0.990. The Morgan fingerprint density at radius 3 is 1.84 bits per heavy atom. The van der Waals surface area contributed by atoms with E-state index in [-0.39, 0.29) is 5.41 Å². The fourth-order valence-electron chi connectivity index (χ4n) is 9.49. The first-order valence-electron chi connectivity index (χ1n) is 23.8. The van der Waals surface area contributed by atoms with Crippen LogP contribution < -0.4 is 0 Å². The highest BCUT2D eigenvalue weighted by Gasteiger charge is 2.40. The van der Waals surface area contributed by atoms with Gasteiger partial charge in [-0.2, -0.15) is 8.75 Å². The van der Waals surface area contributed by atoms with Crippen molar-refractivity contribution >= 4 is 79.4 Å². The molecule has 0 atom stereocenters. The lowest BCUT2D eigenvalue weighted by Gasteiger charge is -2.19. The lowest BCUT2D eigenvalue weighted by atomic mass is 9.83. The quantitative estimate of drug-likeness (QED) is 0.0650. The van der Waals surface area contributed by atoms with E-state index in [1.54, 1.807) is 10.4 Å². The Bertz CT molecular complexity index is 2770. The smallest absolute Gasteiger partial charge is 0.113 e. The van der Waals surface area contributed by atoms with Crippen LogP contribution in [0.4, 0.5) is 0 Å². The molecule has 8 aromatic rings. The summed E-state index contributed by atoms with van der Waals surface area (Å²) in [6.07, 6.45) is 20.1. The molecular weight excluding hydrogens is 897 g/mol. The number of hydrogen-bond donors (Lipinski definition) is 1. The molecule has 64 heavy (non-hydrogen) atoms. The molecule has 0 amide bonds. The molecule has 1 aliphatic rings. The predicted molar refractivity (Wildman–Crippen MR) is 284 cm³/mol. The van der Waals surface area contributed by atoms with Crippen LogP contribution >= 0.6 is 68.4 Å². The van der Waals surface area contributed by atoms with Crippen LogP contribution in [0.25, 0.3) is 51.4 Å². The topological polar surface area (TPSA) is 46.0 Å². The highest BCUT2D eigenvalue weighted by molar-refractivity contribution is 7.26. The molecule has 0 spiro atoms. The summed E-state index contributed by atoms with van der Waals surface area (Å²) in [5, 5.41) is 11.6. The van der Waals surface area contributed by atoms with Gasteiger partial charge in [0.2, 0.25) is 0 Å². The standard InChI is InChI=1S/C55H62N2OS6/c1-5-7-9-15-23-38-29-49(50-30-39(24-16-10-8-6-2)46(61-50)32-41-28-36(35-59-41)20-14-11-12-19-27-58)60-45(38)31-40-25-26-42(52-51(40)56-64-57-52)48-34-44-54(63-48)53-43(55(44,3)4)33-47(62-53)37-21-17-13-18-22-37/h13,17-18,21-22,25-26,28-30,33-35,58H,5-12,14-16,19-20,23-24,27,31-32H2,1-4H3. The van der Waals surface area contributed by atoms with E-state index in [1.165, 1.54) is 160 Å². The van der Waals surface area contributed by atoms with Gasteiger partial charge in [0.1, 0.15) is 11.0 Å². The van der Waals surface area contributed by atoms with Crippen molar-refractivity contribution in [1.29, 1.82) is 0 Å². The average Bonchev–Trinajstić information content (AvgIpc) is 4.17. The first-order valence-corrected chi connectivity index (χ1v) is 28.7. The van der Waals surface area contributed by atoms with Crippen LogP contribution in [0.3, 0.4) is 0 Å². The number of rotatable bonds is 23. The molecule has 9 heteroatoms. The number of hydrogen-bond acceptors (Lipinski definition) is 9. The van der Waals surface area contributed by atoms with Gasteiger partial charge in [0.25, 0.3) is 0 Å². The van der Waals surface area contributed by atoms with Crippen molar-refractivity contribution in [2.24, 2.45) is 0 Å². The van der Waals surface area contributed by atoms with Crippen LogP contribution in [0.1, 0.15) is 153 Å². The minimum Gasteiger partial charge on any atom is -0.396 e. The summed E-state index contributed by atoms with van der Waals surface area (Å²) in [5.41, 5.74) is 13.3. The molecule has 0 aliphatic heterocycles. The summed E-state index contributed by atoms with van der Waals surface area (Å²) in [6.45, 7) is 9.72. The number of unbranched alkanes of at least 4 members (excludes halogenated alkanes) is 9. The molecule has 0 saturated carbocycles. The Hall–Kier alpha value is -3.28. The van der Waals surface area contributed by atoms with Gasteiger partial charge in [-0.15, -0.1) is 56.7 Å². The molecule has 6 heterocycles. The van der Waals surface area contributed by atoms with Gasteiger partial charge in [-0.3, -0.25) is 0 Å². The number of thiophene rings is 5. The fourth-order valence-corrected chi connectivity index (χ4v) is 16.5. The number of aliphatic hydroxyl groups excluding tert-OH is 1. The van der Waals surface area contributed by atoms with E-state index in [1.807, 2.05) is 45.3 Å². The van der Waals surface area contributed by atoms with E-state index >= 15 is 0 Å². The lowest BCUT2D eigenvalue weighted by molar-refractivity contribution is 0.282. The Morgan fingerprint density at radius 1 is 0.547 bits per heavy atom. The Kier molecular flexibility index (Phi) is 15.1. The van der Waals surface area contributed by atoms with Crippen molar-refractivity contribution < 1.29 is 5.11 Å². The molecule has 6 aromatic heterocycles. The van der Waals surface area contributed by atoms with E-state index in [2.05, 4.69) is 117 Å². The number of aromatic nitrogens is 2. The maximum Gasteiger partial charge on any atom is 0.113 e. The highest BCUT2D eigenvalue weighted by atomic mass is 32.1. The molecule has 9 rings (SSSR count). The van der Waals surface area contributed by atoms with Crippen LogP contribution in [0.15, 0.2) is 78.2 Å². The van der Waals surface area contributed by atoms with E-state index in [0.717, 1.165) is 49.6 Å². The van der Waals surface area contributed by atoms with Gasteiger partial charge < -0.3 is 5.11 Å². The van der Waals surface area contributed by atoms with Crippen LogP contribution in [-0.4, -0.2) is 20.5 Å². The van der Waals surface area contributed by atoms with Crippen molar-refractivity contribution in [3.8, 4) is 40.4 Å². The van der Waals surface area contributed by atoms with Crippen LogP contribution in [0, 0.1) is 0 Å². The normalized spacial score (nSPS) is 13.1. The summed E-state index contributed by atoms with van der Waals surface area (Å²) < 4.78 is 10.0. The molecule has 3 nitrogen and oxygen atoms in total. The van der Waals surface area contributed by atoms with Gasteiger partial charge in [-0.05, 0) is 120 Å². The number of fused-ring (bicyclic) bond motifs is 4. The van der Waals surface area contributed by atoms with E-state index in [4.69, 9.17) is 13.9 Å². The Labute approximate surface area is 405 Å². The first-order chi connectivity index (χ1) is 31.3. The lowest BCUT2D eigenvalue weighted by Crippen LogP contribution is -2.13. The second kappa shape index (κ2) is 21.1. The van der Waals surface area contributed by atoms with Gasteiger partial charge in [-0.1, -0.05) is 122 Å². The molecule has 0 radical (unpaired) electrons. The third kappa shape index (κ3) is 10.0. The average molecular weight is 960 g/mol. The van der Waals surface area contributed by atoms with Crippen molar-refractivity contribution in [3.63, 3.8) is 0 Å². The van der Waals surface area contributed by atoms with Crippen molar-refractivity contribution in [2.75, 3.05) is 6.61 Å². The molecule has 1 aliphatic carbocycles. The van der Waals surface area contributed by atoms with Gasteiger partial charge in [-0.25, -0.2) is 0 Å². The number of aliphatic hydroxyl groups is 1. The fraction of sp³-hybridized carbons (Fsp3) is 0.418. The monoisotopic (exact) mass is 958 g/mol. The van der Waals surface area contributed by atoms with Gasteiger partial charge in [0.05, 0.1) is 11.7 Å². The minimum atomic E-state index is -0.0410.